The zero-order valence-corrected chi connectivity index (χ0v) is 14.1. The highest BCUT2D eigenvalue weighted by atomic mass is 32.2. The monoisotopic (exact) mass is 329 g/mol. The summed E-state index contributed by atoms with van der Waals surface area (Å²) in [5.41, 5.74) is 0.0553. The zero-order chi connectivity index (χ0) is 16.4. The molecule has 0 aliphatic carbocycles. The molecule has 1 aliphatic rings. The number of rotatable bonds is 5. The van der Waals surface area contributed by atoms with Crippen molar-refractivity contribution in [2.45, 2.75) is 30.2 Å². The van der Waals surface area contributed by atoms with E-state index in [1.54, 1.807) is 17.8 Å². The summed E-state index contributed by atoms with van der Waals surface area (Å²) in [6, 6.07) is 11.2. The van der Waals surface area contributed by atoms with Gasteiger partial charge in [-0.25, -0.2) is 0 Å². The van der Waals surface area contributed by atoms with Crippen LogP contribution in [0, 0.1) is 0 Å². The van der Waals surface area contributed by atoms with Crippen molar-refractivity contribution in [3.05, 3.63) is 53.9 Å². The number of Topliss-reactive ketones (excluding diaryl/α,β-unsaturated/α-hetero) is 1. The molecule has 23 heavy (non-hydrogen) atoms. The van der Waals surface area contributed by atoms with Gasteiger partial charge >= 0.3 is 5.97 Å². The van der Waals surface area contributed by atoms with Crippen LogP contribution in [0.15, 0.2) is 47.5 Å². The van der Waals surface area contributed by atoms with Gasteiger partial charge in [0.15, 0.2) is 11.2 Å². The summed E-state index contributed by atoms with van der Waals surface area (Å²) >= 11 is 1.68. The lowest BCUT2D eigenvalue weighted by Crippen LogP contribution is -2.43. The molecule has 0 N–H and O–H groups in total. The Bertz CT molecular complexity index is 752. The van der Waals surface area contributed by atoms with Gasteiger partial charge in [-0.3, -0.25) is 9.59 Å². The highest BCUT2D eigenvalue weighted by Crippen LogP contribution is 2.39. The molecule has 0 saturated heterocycles. The van der Waals surface area contributed by atoms with Gasteiger partial charge in [0.25, 0.3) is 0 Å². The summed E-state index contributed by atoms with van der Waals surface area (Å²) in [6.45, 7) is 2.71. The second kappa shape index (κ2) is 6.24. The molecule has 120 valence electrons. The van der Waals surface area contributed by atoms with Crippen LogP contribution >= 0.6 is 11.8 Å². The molecular formula is C18H19NO3S. The number of carbonyl (C=O) groups is 2. The number of ketones is 1. The predicted octanol–water partition coefficient (Wildman–Crippen LogP) is 3.30. The molecule has 1 aromatic heterocycles. The Morgan fingerprint density at radius 3 is 2.87 bits per heavy atom. The number of benzene rings is 1. The number of nitrogens with zero attached hydrogens (tertiary/aromatic N) is 1. The first kappa shape index (κ1) is 15.9. The molecule has 0 fully saturated rings. The molecule has 1 aromatic carbocycles. The Kier molecular flexibility index (Phi) is 4.31. The van der Waals surface area contributed by atoms with E-state index in [0.29, 0.717) is 18.5 Å². The number of esters is 1. The smallest absolute Gasteiger partial charge is 0.325 e. The molecule has 5 heteroatoms. The highest BCUT2D eigenvalue weighted by molar-refractivity contribution is 7.99. The summed E-state index contributed by atoms with van der Waals surface area (Å²) < 4.78 is 6.96. The molecule has 1 aliphatic heterocycles. The Labute approximate surface area is 139 Å². The number of hydrogen-bond acceptors (Lipinski definition) is 4. The van der Waals surface area contributed by atoms with E-state index in [9.17, 15) is 9.59 Å². The second-order valence-electron chi connectivity index (χ2n) is 5.52. The van der Waals surface area contributed by atoms with Gasteiger partial charge in [0, 0.05) is 28.9 Å². The number of methoxy groups -OCH3 is 1. The molecule has 0 saturated carbocycles. The molecule has 0 amide bonds. The lowest BCUT2D eigenvalue weighted by Gasteiger charge is -2.24. The Morgan fingerprint density at radius 1 is 1.30 bits per heavy atom. The number of hydrogen-bond donors (Lipinski definition) is 0. The van der Waals surface area contributed by atoms with Crippen molar-refractivity contribution in [1.82, 2.24) is 4.57 Å². The highest BCUT2D eigenvalue weighted by Gasteiger charge is 2.53. The van der Waals surface area contributed by atoms with Gasteiger partial charge in [0.2, 0.25) is 0 Å². The molecular weight excluding hydrogens is 310 g/mol. The van der Waals surface area contributed by atoms with E-state index in [1.807, 2.05) is 41.1 Å². The Balaban J connectivity index is 2.07. The van der Waals surface area contributed by atoms with Crippen molar-refractivity contribution >= 4 is 23.5 Å². The van der Waals surface area contributed by atoms with Gasteiger partial charge in [-0.05, 0) is 36.4 Å². The van der Waals surface area contributed by atoms with Crippen LogP contribution in [0.2, 0.25) is 0 Å². The van der Waals surface area contributed by atoms with E-state index in [1.165, 1.54) is 7.11 Å². The second-order valence-corrected chi connectivity index (χ2v) is 6.86. The molecule has 0 radical (unpaired) electrons. The normalized spacial score (nSPS) is 19.4. The minimum absolute atomic E-state index is 0.180. The number of aromatic nitrogens is 1. The standard InChI is InChI=1S/C18H19NO3S/c1-3-23-14-7-4-6-13(12-14)16(20)18(17(21)22-2)9-11-19-10-5-8-15(18)19/h4-8,10,12H,3,9,11H2,1-2H3. The van der Waals surface area contributed by atoms with Crippen LogP contribution in [0.4, 0.5) is 0 Å². The Morgan fingerprint density at radius 2 is 2.13 bits per heavy atom. The van der Waals surface area contributed by atoms with Crippen molar-refractivity contribution in [2.75, 3.05) is 12.9 Å². The van der Waals surface area contributed by atoms with E-state index < -0.39 is 11.4 Å². The summed E-state index contributed by atoms with van der Waals surface area (Å²) in [7, 11) is 1.34. The molecule has 1 atom stereocenters. The van der Waals surface area contributed by atoms with Crippen molar-refractivity contribution in [1.29, 1.82) is 0 Å². The number of ether oxygens (including phenoxy) is 1. The Hall–Kier alpha value is -2.01. The summed E-state index contributed by atoms with van der Waals surface area (Å²) in [6.07, 6.45) is 2.34. The fraction of sp³-hybridized carbons (Fsp3) is 0.333. The van der Waals surface area contributed by atoms with Gasteiger partial charge in [-0.2, -0.15) is 0 Å². The third kappa shape index (κ3) is 2.49. The van der Waals surface area contributed by atoms with Crippen LogP contribution in [-0.2, 0) is 21.5 Å². The maximum atomic E-state index is 13.3. The largest absolute Gasteiger partial charge is 0.468 e. The SMILES string of the molecule is CCSc1cccc(C(=O)C2(C(=O)OC)CCn3cccc32)c1. The maximum absolute atomic E-state index is 13.3. The van der Waals surface area contributed by atoms with Crippen LogP contribution in [0.25, 0.3) is 0 Å². The topological polar surface area (TPSA) is 48.3 Å². The van der Waals surface area contributed by atoms with E-state index in [0.717, 1.165) is 16.3 Å². The van der Waals surface area contributed by atoms with Crippen molar-refractivity contribution < 1.29 is 14.3 Å². The summed E-state index contributed by atoms with van der Waals surface area (Å²) in [5.74, 6) is 0.275. The van der Waals surface area contributed by atoms with E-state index >= 15 is 0 Å². The van der Waals surface area contributed by atoms with Crippen LogP contribution in [0.3, 0.4) is 0 Å². The van der Waals surface area contributed by atoms with Gasteiger partial charge in [0.05, 0.1) is 7.11 Å². The lowest BCUT2D eigenvalue weighted by atomic mass is 9.76. The van der Waals surface area contributed by atoms with E-state index in [2.05, 4.69) is 6.92 Å². The van der Waals surface area contributed by atoms with Gasteiger partial charge < -0.3 is 9.30 Å². The number of thioether (sulfide) groups is 1. The molecule has 2 aromatic rings. The zero-order valence-electron chi connectivity index (χ0n) is 13.2. The van der Waals surface area contributed by atoms with Crippen LogP contribution in [-0.4, -0.2) is 29.2 Å². The van der Waals surface area contributed by atoms with Crippen molar-refractivity contribution in [3.8, 4) is 0 Å². The first-order chi connectivity index (χ1) is 11.1. The van der Waals surface area contributed by atoms with Crippen molar-refractivity contribution in [2.24, 2.45) is 0 Å². The van der Waals surface area contributed by atoms with Gasteiger partial charge in [-0.15, -0.1) is 11.8 Å². The van der Waals surface area contributed by atoms with E-state index in [4.69, 9.17) is 4.74 Å². The maximum Gasteiger partial charge on any atom is 0.325 e. The molecule has 0 bridgehead atoms. The van der Waals surface area contributed by atoms with Crippen LogP contribution < -0.4 is 0 Å². The minimum atomic E-state index is -1.23. The predicted molar refractivity (Wildman–Crippen MR) is 89.9 cm³/mol. The molecule has 0 spiro atoms. The average Bonchev–Trinajstić information content (AvgIpc) is 3.17. The van der Waals surface area contributed by atoms with Crippen LogP contribution in [0.5, 0.6) is 0 Å². The minimum Gasteiger partial charge on any atom is -0.468 e. The number of carbonyl (C=O) groups excluding carboxylic acids is 2. The number of fused-ring (bicyclic) bond motifs is 1. The molecule has 3 rings (SSSR count). The summed E-state index contributed by atoms with van der Waals surface area (Å²) in [5, 5.41) is 0. The fourth-order valence-corrected chi connectivity index (χ4v) is 3.97. The van der Waals surface area contributed by atoms with Crippen LogP contribution in [0.1, 0.15) is 29.4 Å². The van der Waals surface area contributed by atoms with Gasteiger partial charge in [0.1, 0.15) is 0 Å². The lowest BCUT2D eigenvalue weighted by molar-refractivity contribution is -0.145. The van der Waals surface area contributed by atoms with E-state index in [-0.39, 0.29) is 5.78 Å². The number of aryl methyl sites for hydroxylation is 1. The fourth-order valence-electron chi connectivity index (χ4n) is 3.26. The van der Waals surface area contributed by atoms with Gasteiger partial charge in [-0.1, -0.05) is 19.1 Å². The average molecular weight is 329 g/mol. The molecule has 2 heterocycles. The third-order valence-corrected chi connectivity index (χ3v) is 5.20. The quantitative estimate of drug-likeness (QED) is 0.365. The molecule has 4 nitrogen and oxygen atoms in total. The molecule has 1 unspecified atom stereocenters. The first-order valence-electron chi connectivity index (χ1n) is 7.65. The first-order valence-corrected chi connectivity index (χ1v) is 8.63. The summed E-state index contributed by atoms with van der Waals surface area (Å²) in [4.78, 5) is 26.9. The third-order valence-electron chi connectivity index (χ3n) is 4.32. The van der Waals surface area contributed by atoms with Crippen molar-refractivity contribution in [3.63, 3.8) is 0 Å².